The molecule has 0 aliphatic heterocycles. The molecule has 4 nitrogen and oxygen atoms in total. The fourth-order valence-electron chi connectivity index (χ4n) is 2.09. The molecule has 0 aliphatic rings. The van der Waals surface area contributed by atoms with E-state index in [9.17, 15) is 9.90 Å². The Labute approximate surface area is 206 Å². The molecular weight excluding hydrogens is 724 g/mol. The van der Waals surface area contributed by atoms with Crippen molar-refractivity contribution in [2.45, 2.75) is 18.9 Å². The molecule has 0 amide bonds. The predicted octanol–water partition coefficient (Wildman–Crippen LogP) is 3.55. The summed E-state index contributed by atoms with van der Waals surface area (Å²) in [6, 6.07) is 9.64. The molecule has 8 heteroatoms. The number of phenols is 1. The Morgan fingerprint density at radius 2 is 1.67 bits per heavy atom. The minimum atomic E-state index is -0.992. The van der Waals surface area contributed by atoms with Crippen LogP contribution in [0.3, 0.4) is 0 Å². The Hall–Kier alpha value is 0.964. The van der Waals surface area contributed by atoms with Crippen LogP contribution in [0.5, 0.6) is 5.75 Å². The Kier molecular flexibility index (Phi) is 9.91. The van der Waals surface area contributed by atoms with Crippen LogP contribution in [0, 0.1) is 16.8 Å². The molecule has 1 atom stereocenters. The maximum atomic E-state index is 10.9. The molecule has 2 aromatic rings. The Bertz CT molecular complexity index is 732. The third kappa shape index (κ3) is 6.29. The van der Waals surface area contributed by atoms with Crippen LogP contribution in [0.15, 0.2) is 24.3 Å². The maximum Gasteiger partial charge on any atom is 0.320 e. The molecule has 0 aromatic heterocycles. The number of phenolic OH excluding ortho intramolecular Hbond substituents is 1. The number of benzene rings is 2. The molecule has 2 rings (SSSR count). The molecule has 0 saturated heterocycles. The van der Waals surface area contributed by atoms with Gasteiger partial charge in [-0.1, -0.05) is 3.57 Å². The van der Waals surface area contributed by atoms with Crippen molar-refractivity contribution in [3.8, 4) is 5.75 Å². The van der Waals surface area contributed by atoms with Crippen LogP contribution in [0.1, 0.15) is 16.7 Å². The van der Waals surface area contributed by atoms with E-state index in [-0.39, 0.29) is 38.5 Å². The molecule has 4 N–H and O–H groups in total. The zero-order valence-corrected chi connectivity index (χ0v) is 21.7. The van der Waals surface area contributed by atoms with Crippen LogP contribution < -0.4 is 5.73 Å². The molecular formula is C16H13I3NO3Y-. The molecule has 2 aromatic carbocycles. The van der Waals surface area contributed by atoms with Crippen molar-refractivity contribution in [1.29, 1.82) is 0 Å². The minimum absolute atomic E-state index is 0. The monoisotopic (exact) mass is 737 g/mol. The summed E-state index contributed by atoms with van der Waals surface area (Å²) in [5.41, 5.74) is 8.77. The smallest absolute Gasteiger partial charge is 0.320 e. The van der Waals surface area contributed by atoms with Gasteiger partial charge in [0.05, 0.1) is 0 Å². The van der Waals surface area contributed by atoms with E-state index < -0.39 is 12.0 Å². The van der Waals surface area contributed by atoms with Crippen molar-refractivity contribution >= 4 is 73.7 Å². The van der Waals surface area contributed by atoms with Gasteiger partial charge in [0.15, 0.2) is 0 Å². The number of nitrogens with two attached hydrogens (primary N) is 1. The SMILES string of the molecule is NC(Cc1cc(I)c(Cc2c[c-]c(O)c(I)c2)c(I)c1)C(=O)O.[Y]. The van der Waals surface area contributed by atoms with Crippen LogP contribution in [-0.4, -0.2) is 22.2 Å². The second-order valence-corrected chi connectivity index (χ2v) is 8.55. The third-order valence-electron chi connectivity index (χ3n) is 3.29. The normalized spacial score (nSPS) is 11.7. The van der Waals surface area contributed by atoms with Crippen LogP contribution in [-0.2, 0) is 50.3 Å². The maximum absolute atomic E-state index is 10.9. The number of aliphatic carboxylic acids is 1. The van der Waals surface area contributed by atoms with Gasteiger partial charge in [0, 0.05) is 45.6 Å². The number of carboxylic acid groups (broad SMARTS) is 1. The van der Waals surface area contributed by atoms with E-state index in [0.717, 1.165) is 28.3 Å². The van der Waals surface area contributed by atoms with Gasteiger partial charge in [-0.15, -0.1) is 28.7 Å². The second kappa shape index (κ2) is 10.3. The summed E-state index contributed by atoms with van der Waals surface area (Å²) in [6.45, 7) is 0. The number of carbonyl (C=O) groups is 1. The van der Waals surface area contributed by atoms with E-state index in [1.807, 2.05) is 18.2 Å². The first kappa shape index (κ1) is 23.0. The van der Waals surface area contributed by atoms with Crippen molar-refractivity contribution in [2.24, 2.45) is 5.73 Å². The molecule has 24 heavy (non-hydrogen) atoms. The second-order valence-electron chi connectivity index (χ2n) is 5.07. The van der Waals surface area contributed by atoms with Gasteiger partial charge in [-0.05, 0) is 81.3 Å². The first-order valence-corrected chi connectivity index (χ1v) is 9.85. The van der Waals surface area contributed by atoms with Crippen molar-refractivity contribution < 1.29 is 47.7 Å². The van der Waals surface area contributed by atoms with Gasteiger partial charge in [0.1, 0.15) is 6.04 Å². The molecule has 1 radical (unpaired) electrons. The fourth-order valence-corrected chi connectivity index (χ4v) is 4.93. The zero-order valence-electron chi connectivity index (χ0n) is 12.4. The van der Waals surface area contributed by atoms with Crippen LogP contribution in [0.2, 0.25) is 0 Å². The van der Waals surface area contributed by atoms with Gasteiger partial charge >= 0.3 is 5.97 Å². The van der Waals surface area contributed by atoms with E-state index in [0.29, 0.717) is 6.42 Å². The third-order valence-corrected chi connectivity index (χ3v) is 6.03. The van der Waals surface area contributed by atoms with Gasteiger partial charge in [-0.3, -0.25) is 4.79 Å². The molecule has 0 spiro atoms. The van der Waals surface area contributed by atoms with Crippen molar-refractivity contribution in [3.63, 3.8) is 0 Å². The number of aromatic hydroxyl groups is 1. The summed E-state index contributed by atoms with van der Waals surface area (Å²) in [6.07, 6.45) is 1.04. The number of halogens is 3. The summed E-state index contributed by atoms with van der Waals surface area (Å²) in [5.74, 6) is -0.829. The van der Waals surface area contributed by atoms with Gasteiger partial charge in [0.2, 0.25) is 0 Å². The van der Waals surface area contributed by atoms with Gasteiger partial charge in [0.25, 0.3) is 0 Å². The summed E-state index contributed by atoms with van der Waals surface area (Å²) in [5, 5.41) is 18.5. The van der Waals surface area contributed by atoms with E-state index in [1.165, 1.54) is 5.56 Å². The van der Waals surface area contributed by atoms with Crippen molar-refractivity contribution in [1.82, 2.24) is 0 Å². The van der Waals surface area contributed by atoms with Crippen molar-refractivity contribution in [3.05, 3.63) is 57.7 Å². The first-order chi connectivity index (χ1) is 10.8. The van der Waals surface area contributed by atoms with Crippen LogP contribution in [0.4, 0.5) is 0 Å². The predicted molar refractivity (Wildman–Crippen MR) is 114 cm³/mol. The number of hydrogen-bond acceptors (Lipinski definition) is 3. The van der Waals surface area contributed by atoms with E-state index in [2.05, 4.69) is 73.8 Å². The zero-order chi connectivity index (χ0) is 17.1. The average molecular weight is 737 g/mol. The van der Waals surface area contributed by atoms with E-state index in [1.54, 1.807) is 6.07 Å². The Balaban J connectivity index is 0.00000288. The van der Waals surface area contributed by atoms with Gasteiger partial charge < -0.3 is 15.9 Å². The molecule has 0 aliphatic carbocycles. The summed E-state index contributed by atoms with van der Waals surface area (Å²) < 4.78 is 2.92. The Morgan fingerprint density at radius 1 is 1.12 bits per heavy atom. The number of carboxylic acids is 1. The molecule has 0 bridgehead atoms. The molecule has 125 valence electrons. The average Bonchev–Trinajstić information content (AvgIpc) is 2.46. The first-order valence-electron chi connectivity index (χ1n) is 6.62. The number of hydrogen-bond donors (Lipinski definition) is 3. The molecule has 0 fully saturated rings. The quantitative estimate of drug-likeness (QED) is 0.324. The molecule has 0 saturated carbocycles. The van der Waals surface area contributed by atoms with Crippen LogP contribution in [0.25, 0.3) is 0 Å². The molecule has 0 heterocycles. The van der Waals surface area contributed by atoms with E-state index in [4.69, 9.17) is 10.8 Å². The van der Waals surface area contributed by atoms with Crippen LogP contribution >= 0.6 is 67.8 Å². The largest absolute Gasteiger partial charge is 0.533 e. The summed E-state index contributed by atoms with van der Waals surface area (Å²) in [4.78, 5) is 10.9. The van der Waals surface area contributed by atoms with E-state index >= 15 is 0 Å². The summed E-state index contributed by atoms with van der Waals surface area (Å²) in [7, 11) is 0. The summed E-state index contributed by atoms with van der Waals surface area (Å²) >= 11 is 6.61. The topological polar surface area (TPSA) is 83.5 Å². The van der Waals surface area contributed by atoms with Gasteiger partial charge in [-0.25, -0.2) is 0 Å². The minimum Gasteiger partial charge on any atom is -0.533 e. The fraction of sp³-hybridized carbons (Fsp3) is 0.188. The standard InChI is InChI=1S/C16H13I3NO3.Y/c17-11-5-9(7-14(20)16(22)23)6-12(18)10(11)3-8-1-2-15(21)13(19)4-8;/h1,4-6,14,21H,3,7,20H2,(H,22,23);/q-1;. The molecule has 1 unspecified atom stereocenters. The van der Waals surface area contributed by atoms with Gasteiger partial charge in [-0.2, -0.15) is 17.7 Å². The number of rotatable bonds is 5. The van der Waals surface area contributed by atoms with Crippen molar-refractivity contribution in [2.75, 3.05) is 0 Å². The Morgan fingerprint density at radius 3 is 2.17 bits per heavy atom.